The van der Waals surface area contributed by atoms with E-state index < -0.39 is 5.92 Å². The van der Waals surface area contributed by atoms with Crippen molar-refractivity contribution in [2.45, 2.75) is 39.0 Å². The molecule has 0 radical (unpaired) electrons. The molecule has 0 bridgehead atoms. The van der Waals surface area contributed by atoms with Crippen LogP contribution in [0.5, 0.6) is 0 Å². The smallest absolute Gasteiger partial charge is 0.234 e. The van der Waals surface area contributed by atoms with Gasteiger partial charge in [-0.15, -0.1) is 0 Å². The number of rotatable bonds is 5. The number of hydrogen-bond acceptors (Lipinski definition) is 6. The van der Waals surface area contributed by atoms with Gasteiger partial charge in [-0.3, -0.25) is 9.59 Å². The maximum Gasteiger partial charge on any atom is 0.234 e. The molecule has 1 aliphatic carbocycles. The zero-order chi connectivity index (χ0) is 22.0. The van der Waals surface area contributed by atoms with Crippen LogP contribution in [0.4, 0.5) is 5.69 Å². The van der Waals surface area contributed by atoms with Crippen molar-refractivity contribution in [3.63, 3.8) is 0 Å². The van der Waals surface area contributed by atoms with Crippen LogP contribution < -0.4 is 10.6 Å². The van der Waals surface area contributed by atoms with Crippen LogP contribution in [0.15, 0.2) is 62.9 Å². The first-order valence-corrected chi connectivity index (χ1v) is 11.2. The quantitative estimate of drug-likeness (QED) is 0.710. The number of amides is 1. The standard InChI is InChI=1S/C24H23N3O3S/c1-14-8-9-15(2)18(11-14)26-21(29)13-31-24-16(12-25)22(20-7-4-10-30-20)23-17(27-24)5-3-6-19(23)28/h4,7-11,22,27H,3,5-6,13H2,1-2H3,(H,26,29)/t22-/m1/s1. The molecule has 2 heterocycles. The van der Waals surface area contributed by atoms with Gasteiger partial charge in [0.05, 0.1) is 34.6 Å². The number of aryl methyl sites for hydroxylation is 2. The van der Waals surface area contributed by atoms with Gasteiger partial charge in [-0.05, 0) is 56.0 Å². The fourth-order valence-corrected chi connectivity index (χ4v) is 4.83. The lowest BCUT2D eigenvalue weighted by Crippen LogP contribution is -2.31. The van der Waals surface area contributed by atoms with Gasteiger partial charge in [0.15, 0.2) is 5.78 Å². The lowest BCUT2D eigenvalue weighted by molar-refractivity contribution is -0.116. The minimum atomic E-state index is -0.534. The lowest BCUT2D eigenvalue weighted by Gasteiger charge is -2.32. The normalized spacial score (nSPS) is 18.4. The van der Waals surface area contributed by atoms with E-state index in [0.29, 0.717) is 28.4 Å². The summed E-state index contributed by atoms with van der Waals surface area (Å²) in [6.07, 6.45) is 3.51. The van der Waals surface area contributed by atoms with Gasteiger partial charge in [0.2, 0.25) is 5.91 Å². The highest BCUT2D eigenvalue weighted by molar-refractivity contribution is 8.03. The molecule has 158 valence electrons. The maximum atomic E-state index is 12.7. The summed E-state index contributed by atoms with van der Waals surface area (Å²) in [4.78, 5) is 25.3. The first kappa shape index (κ1) is 21.0. The molecule has 1 aromatic heterocycles. The predicted molar refractivity (Wildman–Crippen MR) is 120 cm³/mol. The minimum absolute atomic E-state index is 0.0413. The molecular weight excluding hydrogens is 410 g/mol. The Bertz CT molecular complexity index is 1140. The summed E-state index contributed by atoms with van der Waals surface area (Å²) in [5.74, 6) is 0.0637. The fraction of sp³-hybridized carbons (Fsp3) is 0.292. The van der Waals surface area contributed by atoms with E-state index in [4.69, 9.17) is 4.42 Å². The molecule has 7 heteroatoms. The number of allylic oxidation sites excluding steroid dienone is 3. The molecule has 0 fully saturated rings. The SMILES string of the molecule is Cc1ccc(C)c(NC(=O)CSC2=C(C#N)[C@H](c3ccco3)C3=C(CCCC3=O)N2)c1. The number of anilines is 1. The summed E-state index contributed by atoms with van der Waals surface area (Å²) in [6.45, 7) is 3.93. The van der Waals surface area contributed by atoms with Crippen molar-refractivity contribution < 1.29 is 14.0 Å². The number of nitrogens with one attached hydrogen (secondary N) is 2. The number of benzene rings is 1. The van der Waals surface area contributed by atoms with Crippen LogP contribution >= 0.6 is 11.8 Å². The number of furan rings is 1. The van der Waals surface area contributed by atoms with Crippen LogP contribution in [0.2, 0.25) is 0 Å². The van der Waals surface area contributed by atoms with E-state index >= 15 is 0 Å². The minimum Gasteiger partial charge on any atom is -0.468 e. The number of nitriles is 1. The van der Waals surface area contributed by atoms with E-state index in [2.05, 4.69) is 16.7 Å². The first-order valence-electron chi connectivity index (χ1n) is 10.2. The number of hydrogen-bond donors (Lipinski definition) is 2. The highest BCUT2D eigenvalue weighted by Crippen LogP contribution is 2.44. The highest BCUT2D eigenvalue weighted by Gasteiger charge is 2.38. The van der Waals surface area contributed by atoms with Crippen molar-refractivity contribution in [3.8, 4) is 6.07 Å². The summed E-state index contributed by atoms with van der Waals surface area (Å²) >= 11 is 1.27. The van der Waals surface area contributed by atoms with E-state index in [-0.39, 0.29) is 17.4 Å². The van der Waals surface area contributed by atoms with Gasteiger partial charge in [0, 0.05) is 23.4 Å². The lowest BCUT2D eigenvalue weighted by atomic mass is 9.79. The maximum absolute atomic E-state index is 12.7. The Hall–Kier alpha value is -3.24. The Labute approximate surface area is 185 Å². The molecule has 1 amide bonds. The Morgan fingerprint density at radius 2 is 2.16 bits per heavy atom. The molecule has 31 heavy (non-hydrogen) atoms. The first-order chi connectivity index (χ1) is 15.0. The number of ketones is 1. The average Bonchev–Trinajstić information content (AvgIpc) is 3.28. The van der Waals surface area contributed by atoms with Crippen LogP contribution in [0.1, 0.15) is 42.1 Å². The molecule has 0 spiro atoms. The van der Waals surface area contributed by atoms with Crippen molar-refractivity contribution in [2.24, 2.45) is 0 Å². The van der Waals surface area contributed by atoms with Crippen molar-refractivity contribution in [1.82, 2.24) is 5.32 Å². The number of nitrogens with zero attached hydrogens (tertiary/aromatic N) is 1. The number of Topliss-reactive ketones (excluding diaryl/α,β-unsaturated/α-hetero) is 1. The van der Waals surface area contributed by atoms with E-state index in [1.165, 1.54) is 11.8 Å². The van der Waals surface area contributed by atoms with E-state index in [9.17, 15) is 14.9 Å². The highest BCUT2D eigenvalue weighted by atomic mass is 32.2. The fourth-order valence-electron chi connectivity index (χ4n) is 3.97. The van der Waals surface area contributed by atoms with Gasteiger partial charge < -0.3 is 15.1 Å². The van der Waals surface area contributed by atoms with E-state index in [1.54, 1.807) is 18.4 Å². The third-order valence-electron chi connectivity index (χ3n) is 5.51. The monoisotopic (exact) mass is 433 g/mol. The Morgan fingerprint density at radius 3 is 2.90 bits per heavy atom. The summed E-state index contributed by atoms with van der Waals surface area (Å²) in [6, 6.07) is 11.7. The summed E-state index contributed by atoms with van der Waals surface area (Å²) in [5.41, 5.74) is 4.70. The van der Waals surface area contributed by atoms with Crippen LogP contribution in [-0.4, -0.2) is 17.4 Å². The van der Waals surface area contributed by atoms with Gasteiger partial charge in [-0.25, -0.2) is 0 Å². The topological polar surface area (TPSA) is 95.1 Å². The summed E-state index contributed by atoms with van der Waals surface area (Å²) < 4.78 is 5.59. The molecule has 0 saturated carbocycles. The van der Waals surface area contributed by atoms with E-state index in [0.717, 1.165) is 35.4 Å². The Balaban J connectivity index is 1.58. The van der Waals surface area contributed by atoms with Crippen LogP contribution in [-0.2, 0) is 9.59 Å². The molecule has 2 N–H and O–H groups in total. The van der Waals surface area contributed by atoms with Gasteiger partial charge >= 0.3 is 0 Å². The summed E-state index contributed by atoms with van der Waals surface area (Å²) in [7, 11) is 0. The molecule has 4 rings (SSSR count). The molecule has 1 atom stereocenters. The molecule has 6 nitrogen and oxygen atoms in total. The molecule has 2 aliphatic rings. The van der Waals surface area contributed by atoms with E-state index in [1.807, 2.05) is 32.0 Å². The number of carbonyl (C=O) groups is 2. The molecule has 1 aromatic carbocycles. The molecule has 2 aromatic rings. The second-order valence-electron chi connectivity index (χ2n) is 7.75. The third kappa shape index (κ3) is 4.30. The predicted octanol–water partition coefficient (Wildman–Crippen LogP) is 4.70. The Kier molecular flexibility index (Phi) is 6.01. The number of carbonyl (C=O) groups excluding carboxylic acids is 2. The second kappa shape index (κ2) is 8.86. The number of thioether (sulfide) groups is 1. The van der Waals surface area contributed by atoms with Crippen LogP contribution in [0.25, 0.3) is 0 Å². The van der Waals surface area contributed by atoms with Gasteiger partial charge in [-0.1, -0.05) is 23.9 Å². The van der Waals surface area contributed by atoms with Crippen molar-refractivity contribution in [2.75, 3.05) is 11.1 Å². The number of dihydropyridines is 1. The summed E-state index contributed by atoms with van der Waals surface area (Å²) in [5, 5.41) is 16.8. The van der Waals surface area contributed by atoms with Crippen LogP contribution in [0.3, 0.4) is 0 Å². The molecule has 1 aliphatic heterocycles. The zero-order valence-electron chi connectivity index (χ0n) is 17.5. The third-order valence-corrected chi connectivity index (χ3v) is 6.52. The Morgan fingerprint density at radius 1 is 1.32 bits per heavy atom. The average molecular weight is 434 g/mol. The molecule has 0 unspecified atom stereocenters. The zero-order valence-corrected chi connectivity index (χ0v) is 18.3. The molecular formula is C24H23N3O3S. The largest absolute Gasteiger partial charge is 0.468 e. The van der Waals surface area contributed by atoms with Crippen molar-refractivity contribution in [1.29, 1.82) is 5.26 Å². The second-order valence-corrected chi connectivity index (χ2v) is 8.74. The molecule has 0 saturated heterocycles. The van der Waals surface area contributed by atoms with Crippen LogP contribution in [0, 0.1) is 25.2 Å². The van der Waals surface area contributed by atoms with Gasteiger partial charge in [-0.2, -0.15) is 5.26 Å². The van der Waals surface area contributed by atoms with Gasteiger partial charge in [0.25, 0.3) is 0 Å². The van der Waals surface area contributed by atoms with Crippen molar-refractivity contribution in [3.05, 3.63) is 75.4 Å². The van der Waals surface area contributed by atoms with Gasteiger partial charge in [0.1, 0.15) is 5.76 Å². The van der Waals surface area contributed by atoms with Crippen molar-refractivity contribution >= 4 is 29.1 Å².